The van der Waals surface area contributed by atoms with E-state index >= 15 is 0 Å². The predicted molar refractivity (Wildman–Crippen MR) is 105 cm³/mol. The Kier molecular flexibility index (Phi) is 4.10. The minimum absolute atomic E-state index is 0.370. The topological polar surface area (TPSA) is 21.7 Å². The van der Waals surface area contributed by atoms with Gasteiger partial charge in [0, 0.05) is 31.0 Å². The average molecular weight is 344 g/mol. The molecule has 1 aliphatic rings. The van der Waals surface area contributed by atoms with Crippen molar-refractivity contribution in [2.24, 2.45) is 0 Å². The SMILES string of the molecule is Cc1ccc([B-]2(c3ccc(N(C)C)cc3)OC(C)(C)C(C)(C)O2)s1. The first-order valence-electron chi connectivity index (χ1n) is 8.47. The first-order valence-corrected chi connectivity index (χ1v) is 9.28. The number of thiophene rings is 1. The van der Waals surface area contributed by atoms with Gasteiger partial charge in [0.1, 0.15) is 0 Å². The third-order valence-electron chi connectivity index (χ3n) is 5.36. The lowest BCUT2D eigenvalue weighted by atomic mass is 9.50. The van der Waals surface area contributed by atoms with Gasteiger partial charge in [0.25, 0.3) is 0 Å². The normalized spacial score (nSPS) is 21.0. The molecule has 0 aliphatic carbocycles. The lowest BCUT2D eigenvalue weighted by molar-refractivity contribution is 0.00578. The van der Waals surface area contributed by atoms with Gasteiger partial charge in [0.2, 0.25) is 0 Å². The second-order valence-electron chi connectivity index (χ2n) is 7.90. The fourth-order valence-corrected chi connectivity index (χ4v) is 4.27. The Morgan fingerprint density at radius 3 is 1.83 bits per heavy atom. The molecule has 24 heavy (non-hydrogen) atoms. The van der Waals surface area contributed by atoms with Crippen molar-refractivity contribution >= 4 is 33.8 Å². The van der Waals surface area contributed by atoms with Crippen molar-refractivity contribution in [3.05, 3.63) is 41.3 Å². The van der Waals surface area contributed by atoms with Crippen LogP contribution in [0.4, 0.5) is 5.69 Å². The van der Waals surface area contributed by atoms with E-state index in [9.17, 15) is 0 Å². The summed E-state index contributed by atoms with van der Waals surface area (Å²) < 4.78 is 14.5. The minimum atomic E-state index is -1.68. The summed E-state index contributed by atoms with van der Waals surface area (Å²) in [5, 5.41) is 0. The summed E-state index contributed by atoms with van der Waals surface area (Å²) in [5.74, 6) is 0. The number of anilines is 1. The molecule has 0 saturated carbocycles. The molecule has 0 unspecified atom stereocenters. The third-order valence-corrected chi connectivity index (χ3v) is 6.50. The van der Waals surface area contributed by atoms with Crippen LogP contribution in [0, 0.1) is 6.92 Å². The molecule has 5 heteroatoms. The summed E-state index contributed by atoms with van der Waals surface area (Å²) in [6, 6.07) is 12.8. The predicted octanol–water partition coefficient (Wildman–Crippen LogP) is 3.28. The van der Waals surface area contributed by atoms with E-state index < -0.39 is 6.55 Å². The van der Waals surface area contributed by atoms with Gasteiger partial charge in [-0.2, -0.15) is 11.3 Å². The van der Waals surface area contributed by atoms with Crippen LogP contribution in [-0.2, 0) is 9.31 Å². The van der Waals surface area contributed by atoms with Crippen molar-refractivity contribution in [1.29, 1.82) is 0 Å². The molecule has 0 amide bonds. The maximum Gasteiger partial charge on any atom is 0.309 e. The highest BCUT2D eigenvalue weighted by Crippen LogP contribution is 2.42. The monoisotopic (exact) mass is 344 g/mol. The fraction of sp³-hybridized carbons (Fsp3) is 0.474. The van der Waals surface area contributed by atoms with Crippen LogP contribution in [-0.4, -0.2) is 31.8 Å². The zero-order chi connectivity index (χ0) is 17.8. The number of hydrogen-bond donors (Lipinski definition) is 0. The number of aryl methyl sites for hydroxylation is 1. The average Bonchev–Trinajstić information content (AvgIpc) is 3.00. The highest BCUT2D eigenvalue weighted by atomic mass is 32.1. The van der Waals surface area contributed by atoms with E-state index in [1.165, 1.54) is 10.6 Å². The summed E-state index contributed by atoms with van der Waals surface area (Å²) in [6.45, 7) is 8.91. The summed E-state index contributed by atoms with van der Waals surface area (Å²) in [7, 11) is 4.10. The maximum absolute atomic E-state index is 6.67. The highest BCUT2D eigenvalue weighted by molar-refractivity contribution is 7.27. The Morgan fingerprint density at radius 2 is 1.42 bits per heavy atom. The van der Waals surface area contributed by atoms with Crippen molar-refractivity contribution in [3.63, 3.8) is 0 Å². The molecule has 1 saturated heterocycles. The van der Waals surface area contributed by atoms with Crippen molar-refractivity contribution in [3.8, 4) is 0 Å². The smallest absolute Gasteiger partial charge is 0.309 e. The van der Waals surface area contributed by atoms with Crippen LogP contribution in [0.25, 0.3) is 0 Å². The van der Waals surface area contributed by atoms with Gasteiger partial charge in [-0.1, -0.05) is 29.0 Å². The highest BCUT2D eigenvalue weighted by Gasteiger charge is 2.53. The molecular formula is C19H27BNO2S-. The van der Waals surface area contributed by atoms with E-state index in [-0.39, 0.29) is 11.2 Å². The molecular weight excluding hydrogens is 317 g/mol. The van der Waals surface area contributed by atoms with Gasteiger partial charge >= 0.3 is 6.55 Å². The summed E-state index contributed by atoms with van der Waals surface area (Å²) in [4.78, 5) is 3.37. The molecule has 0 N–H and O–H groups in total. The Hall–Kier alpha value is -1.30. The zero-order valence-corrected chi connectivity index (χ0v) is 16.5. The van der Waals surface area contributed by atoms with E-state index in [1.807, 2.05) is 14.1 Å². The zero-order valence-electron chi connectivity index (χ0n) is 15.7. The first kappa shape index (κ1) is 17.5. The summed E-state index contributed by atoms with van der Waals surface area (Å²) >= 11 is 1.76. The molecule has 1 aliphatic heterocycles. The molecule has 1 aromatic heterocycles. The summed E-state index contributed by atoms with van der Waals surface area (Å²) in [6.07, 6.45) is 0. The molecule has 3 nitrogen and oxygen atoms in total. The van der Waals surface area contributed by atoms with Gasteiger partial charge in [-0.25, -0.2) is 0 Å². The number of benzene rings is 1. The lowest BCUT2D eigenvalue weighted by Gasteiger charge is -2.37. The molecule has 2 aromatic rings. The van der Waals surface area contributed by atoms with E-state index in [4.69, 9.17) is 9.31 Å². The van der Waals surface area contributed by atoms with E-state index in [1.54, 1.807) is 11.3 Å². The second-order valence-corrected chi connectivity index (χ2v) is 9.22. The quantitative estimate of drug-likeness (QED) is 0.798. The van der Waals surface area contributed by atoms with Crippen molar-refractivity contribution in [2.75, 3.05) is 19.0 Å². The van der Waals surface area contributed by atoms with E-state index in [2.05, 4.69) is 75.9 Å². The Morgan fingerprint density at radius 1 is 0.875 bits per heavy atom. The van der Waals surface area contributed by atoms with E-state index in [0.29, 0.717) is 0 Å². The molecule has 1 aromatic carbocycles. The standard InChI is InChI=1S/C19H27BNO2S/c1-14-8-13-17(24-14)20(22-18(2,3)19(4,5)23-20)15-9-11-16(12-10-15)21(6)7/h8-13H,1-7H3/q-1. The molecule has 0 bridgehead atoms. The largest absolute Gasteiger partial charge is 0.554 e. The van der Waals surface area contributed by atoms with Crippen molar-refractivity contribution in [1.82, 2.24) is 0 Å². The van der Waals surface area contributed by atoms with Crippen LogP contribution < -0.4 is 15.1 Å². The van der Waals surface area contributed by atoms with Crippen molar-refractivity contribution < 1.29 is 9.31 Å². The molecule has 130 valence electrons. The molecule has 0 radical (unpaired) electrons. The van der Waals surface area contributed by atoms with Crippen LogP contribution in [0.1, 0.15) is 32.6 Å². The Labute approximate surface area is 149 Å². The van der Waals surface area contributed by atoms with Gasteiger partial charge in [0.05, 0.1) is 0 Å². The summed E-state index contributed by atoms with van der Waals surface area (Å²) in [5.41, 5.74) is 1.53. The molecule has 1 fully saturated rings. The van der Waals surface area contributed by atoms with Crippen LogP contribution >= 0.6 is 11.3 Å². The lowest BCUT2D eigenvalue weighted by Crippen LogP contribution is -2.60. The third kappa shape index (κ3) is 2.69. The van der Waals surface area contributed by atoms with Crippen molar-refractivity contribution in [2.45, 2.75) is 45.8 Å². The fourth-order valence-electron chi connectivity index (χ4n) is 3.24. The van der Waals surface area contributed by atoms with Gasteiger partial charge in [-0.05, 0) is 51.6 Å². The van der Waals surface area contributed by atoms with Crippen LogP contribution in [0.3, 0.4) is 0 Å². The Bertz CT molecular complexity index is 718. The van der Waals surface area contributed by atoms with Crippen LogP contribution in [0.15, 0.2) is 36.4 Å². The molecule has 0 spiro atoms. The molecule has 0 atom stereocenters. The van der Waals surface area contributed by atoms with Gasteiger partial charge in [-0.3, -0.25) is 0 Å². The minimum Gasteiger partial charge on any atom is -0.554 e. The van der Waals surface area contributed by atoms with Crippen LogP contribution in [0.5, 0.6) is 0 Å². The number of hydrogen-bond acceptors (Lipinski definition) is 4. The second kappa shape index (κ2) is 5.62. The molecule has 3 rings (SSSR count). The van der Waals surface area contributed by atoms with Gasteiger partial charge in [0.15, 0.2) is 0 Å². The van der Waals surface area contributed by atoms with Crippen LogP contribution in [0.2, 0.25) is 0 Å². The Balaban J connectivity index is 2.14. The van der Waals surface area contributed by atoms with Gasteiger partial charge in [-0.15, -0.1) is 5.46 Å². The number of nitrogens with zero attached hydrogens (tertiary/aromatic N) is 1. The number of rotatable bonds is 3. The first-order chi connectivity index (χ1) is 11.1. The molecule has 2 heterocycles. The van der Waals surface area contributed by atoms with E-state index in [0.717, 1.165) is 10.2 Å². The maximum atomic E-state index is 6.67. The van der Waals surface area contributed by atoms with Gasteiger partial charge < -0.3 is 14.2 Å².